The fourth-order valence-corrected chi connectivity index (χ4v) is 1.88. The first-order chi connectivity index (χ1) is 7.25. The van der Waals surface area contributed by atoms with E-state index in [9.17, 15) is 4.79 Å². The zero-order valence-corrected chi connectivity index (χ0v) is 8.30. The molecule has 1 aliphatic carbocycles. The molecule has 0 saturated heterocycles. The molecule has 0 amide bonds. The molecule has 1 aromatic heterocycles. The number of ether oxygens (including phenoxy) is 1. The van der Waals surface area contributed by atoms with E-state index in [1.807, 2.05) is 0 Å². The smallest absolute Gasteiger partial charge is 0.306 e. The Balaban J connectivity index is 1.90. The summed E-state index contributed by atoms with van der Waals surface area (Å²) in [5, 5.41) is 8.83. The summed E-state index contributed by atoms with van der Waals surface area (Å²) in [6.07, 6.45) is 5.51. The molecule has 0 aromatic carbocycles. The fraction of sp³-hybridized carbons (Fsp3) is 0.455. The highest BCUT2D eigenvalue weighted by molar-refractivity contribution is 5.70. The summed E-state index contributed by atoms with van der Waals surface area (Å²) in [6.45, 7) is 0. The van der Waals surface area contributed by atoms with Crippen LogP contribution in [-0.4, -0.2) is 22.2 Å². The van der Waals surface area contributed by atoms with Crippen LogP contribution in [0, 0.1) is 5.92 Å². The van der Waals surface area contributed by atoms with Crippen molar-refractivity contribution >= 4 is 5.97 Å². The van der Waals surface area contributed by atoms with Crippen molar-refractivity contribution in [2.75, 3.05) is 0 Å². The Morgan fingerprint density at radius 3 is 2.73 bits per heavy atom. The normalized spacial score (nSPS) is 25.1. The molecule has 2 rings (SSSR count). The summed E-state index contributed by atoms with van der Waals surface area (Å²) in [5.74, 6) is -0.186. The van der Waals surface area contributed by atoms with E-state index in [0.717, 1.165) is 12.2 Å². The molecule has 2 atom stereocenters. The van der Waals surface area contributed by atoms with Crippen LogP contribution in [0.4, 0.5) is 0 Å². The van der Waals surface area contributed by atoms with E-state index >= 15 is 0 Å². The van der Waals surface area contributed by atoms with Crippen LogP contribution >= 0.6 is 0 Å². The lowest BCUT2D eigenvalue weighted by molar-refractivity contribution is -0.141. The maximum atomic E-state index is 10.7. The second-order valence-electron chi connectivity index (χ2n) is 3.77. The van der Waals surface area contributed by atoms with Crippen LogP contribution in [0.5, 0.6) is 5.75 Å². The van der Waals surface area contributed by atoms with Crippen LogP contribution in [0.25, 0.3) is 0 Å². The molecular formula is C11H13NO3. The number of carboxylic acids is 1. The van der Waals surface area contributed by atoms with Gasteiger partial charge in [-0.05, 0) is 31.4 Å². The summed E-state index contributed by atoms with van der Waals surface area (Å²) < 4.78 is 5.65. The number of hydrogen-bond acceptors (Lipinski definition) is 3. The van der Waals surface area contributed by atoms with Gasteiger partial charge in [-0.3, -0.25) is 9.78 Å². The highest BCUT2D eigenvalue weighted by atomic mass is 16.5. The number of aromatic nitrogens is 1. The van der Waals surface area contributed by atoms with Crippen molar-refractivity contribution in [1.82, 2.24) is 4.98 Å². The number of aliphatic carboxylic acids is 1. The van der Waals surface area contributed by atoms with Crippen molar-refractivity contribution < 1.29 is 14.6 Å². The number of pyridine rings is 1. The Bertz CT molecular complexity index is 339. The van der Waals surface area contributed by atoms with Crippen LogP contribution < -0.4 is 4.74 Å². The Hall–Kier alpha value is -1.58. The first-order valence-corrected chi connectivity index (χ1v) is 5.05. The van der Waals surface area contributed by atoms with Gasteiger partial charge < -0.3 is 9.84 Å². The Morgan fingerprint density at radius 1 is 1.40 bits per heavy atom. The minimum atomic E-state index is -0.712. The molecule has 4 nitrogen and oxygen atoms in total. The van der Waals surface area contributed by atoms with E-state index in [2.05, 4.69) is 4.98 Å². The Labute approximate surface area is 87.9 Å². The molecule has 1 heterocycles. The molecule has 0 spiro atoms. The largest absolute Gasteiger partial charge is 0.490 e. The average molecular weight is 207 g/mol. The fourth-order valence-electron chi connectivity index (χ4n) is 1.88. The summed E-state index contributed by atoms with van der Waals surface area (Å²) in [6, 6.07) is 3.57. The van der Waals surface area contributed by atoms with Crippen molar-refractivity contribution in [2.24, 2.45) is 5.92 Å². The number of carboxylic acid groups (broad SMARTS) is 1. The van der Waals surface area contributed by atoms with Gasteiger partial charge in [0, 0.05) is 12.4 Å². The summed E-state index contributed by atoms with van der Waals surface area (Å²) in [5.41, 5.74) is 0. The van der Waals surface area contributed by atoms with Gasteiger partial charge in [0.2, 0.25) is 0 Å². The van der Waals surface area contributed by atoms with Gasteiger partial charge in [-0.25, -0.2) is 0 Å². The second kappa shape index (κ2) is 4.29. The first-order valence-electron chi connectivity index (χ1n) is 5.05. The van der Waals surface area contributed by atoms with Gasteiger partial charge in [0.1, 0.15) is 5.75 Å². The molecule has 80 valence electrons. The van der Waals surface area contributed by atoms with Crippen LogP contribution in [-0.2, 0) is 4.79 Å². The molecule has 15 heavy (non-hydrogen) atoms. The molecule has 1 aliphatic rings. The zero-order valence-electron chi connectivity index (χ0n) is 8.30. The predicted molar refractivity (Wildman–Crippen MR) is 53.6 cm³/mol. The molecule has 1 fully saturated rings. The van der Waals surface area contributed by atoms with Gasteiger partial charge in [-0.15, -0.1) is 0 Å². The van der Waals surface area contributed by atoms with Gasteiger partial charge in [0.15, 0.2) is 0 Å². The zero-order chi connectivity index (χ0) is 10.7. The first kappa shape index (κ1) is 9.96. The van der Waals surface area contributed by atoms with E-state index in [4.69, 9.17) is 9.84 Å². The maximum Gasteiger partial charge on any atom is 0.306 e. The minimum Gasteiger partial charge on any atom is -0.490 e. The third-order valence-corrected chi connectivity index (χ3v) is 2.69. The van der Waals surface area contributed by atoms with Crippen molar-refractivity contribution in [2.45, 2.75) is 25.4 Å². The van der Waals surface area contributed by atoms with E-state index in [1.165, 1.54) is 0 Å². The molecule has 0 aliphatic heterocycles. The molecular weight excluding hydrogens is 194 g/mol. The Kier molecular flexibility index (Phi) is 2.85. The number of nitrogens with zero attached hydrogens (tertiary/aromatic N) is 1. The molecule has 1 aromatic rings. The lowest BCUT2D eigenvalue weighted by atomic mass is 10.1. The summed E-state index contributed by atoms with van der Waals surface area (Å²) >= 11 is 0. The number of rotatable bonds is 3. The van der Waals surface area contributed by atoms with Gasteiger partial charge in [0.25, 0.3) is 0 Å². The summed E-state index contributed by atoms with van der Waals surface area (Å²) in [4.78, 5) is 14.6. The highest BCUT2D eigenvalue weighted by Crippen LogP contribution is 2.28. The third kappa shape index (κ3) is 2.46. The maximum absolute atomic E-state index is 10.7. The molecule has 0 radical (unpaired) electrons. The van der Waals surface area contributed by atoms with Crippen LogP contribution in [0.3, 0.4) is 0 Å². The molecule has 1 N–H and O–H groups in total. The van der Waals surface area contributed by atoms with E-state index < -0.39 is 5.97 Å². The topological polar surface area (TPSA) is 59.4 Å². The van der Waals surface area contributed by atoms with E-state index in [1.54, 1.807) is 24.5 Å². The summed E-state index contributed by atoms with van der Waals surface area (Å²) in [7, 11) is 0. The van der Waals surface area contributed by atoms with Crippen LogP contribution in [0.2, 0.25) is 0 Å². The van der Waals surface area contributed by atoms with Gasteiger partial charge >= 0.3 is 5.97 Å². The molecule has 4 heteroatoms. The second-order valence-corrected chi connectivity index (χ2v) is 3.77. The third-order valence-electron chi connectivity index (χ3n) is 2.69. The minimum absolute atomic E-state index is 0.0356. The molecule has 2 unspecified atom stereocenters. The average Bonchev–Trinajstić information content (AvgIpc) is 2.68. The van der Waals surface area contributed by atoms with Crippen LogP contribution in [0.15, 0.2) is 24.5 Å². The van der Waals surface area contributed by atoms with Crippen molar-refractivity contribution in [1.29, 1.82) is 0 Å². The molecule has 0 bridgehead atoms. The van der Waals surface area contributed by atoms with Gasteiger partial charge in [-0.2, -0.15) is 0 Å². The predicted octanol–water partition coefficient (Wildman–Crippen LogP) is 1.71. The van der Waals surface area contributed by atoms with E-state index in [0.29, 0.717) is 12.8 Å². The van der Waals surface area contributed by atoms with E-state index in [-0.39, 0.29) is 12.0 Å². The lowest BCUT2D eigenvalue weighted by Crippen LogP contribution is -2.15. The standard InChI is InChI=1S/C11H13NO3/c13-11(14)8-1-2-10(7-8)15-9-3-5-12-6-4-9/h3-6,8,10H,1-2,7H2,(H,13,14). The number of hydrogen-bond donors (Lipinski definition) is 1. The lowest BCUT2D eigenvalue weighted by Gasteiger charge is -2.12. The highest BCUT2D eigenvalue weighted by Gasteiger charge is 2.30. The molecule has 1 saturated carbocycles. The monoisotopic (exact) mass is 207 g/mol. The van der Waals surface area contributed by atoms with Crippen molar-refractivity contribution in [3.05, 3.63) is 24.5 Å². The van der Waals surface area contributed by atoms with Gasteiger partial charge in [-0.1, -0.05) is 0 Å². The van der Waals surface area contributed by atoms with Crippen molar-refractivity contribution in [3.8, 4) is 5.75 Å². The number of carbonyl (C=O) groups is 1. The Morgan fingerprint density at radius 2 is 2.13 bits per heavy atom. The quantitative estimate of drug-likeness (QED) is 0.819. The van der Waals surface area contributed by atoms with Crippen molar-refractivity contribution in [3.63, 3.8) is 0 Å². The van der Waals surface area contributed by atoms with Gasteiger partial charge in [0.05, 0.1) is 12.0 Å². The SMILES string of the molecule is O=C(O)C1CCC(Oc2ccncc2)C1. The van der Waals surface area contributed by atoms with Crippen LogP contribution in [0.1, 0.15) is 19.3 Å².